The van der Waals surface area contributed by atoms with Crippen LogP contribution >= 0.6 is 0 Å². The van der Waals surface area contributed by atoms with Crippen LogP contribution < -0.4 is 10.6 Å². The Kier molecular flexibility index (Phi) is 10.4. The first-order valence-electron chi connectivity index (χ1n) is 10.9. The molecular weight excluding hydrogens is 367 g/mol. The lowest BCUT2D eigenvalue weighted by molar-refractivity contribution is -0.148. The number of rotatable bonds is 8. The van der Waals surface area contributed by atoms with Crippen molar-refractivity contribution in [1.29, 1.82) is 0 Å². The molecule has 2 fully saturated rings. The molecule has 5 nitrogen and oxygen atoms in total. The van der Waals surface area contributed by atoms with Gasteiger partial charge >= 0.3 is 6.18 Å². The molecule has 2 heterocycles. The van der Waals surface area contributed by atoms with Crippen LogP contribution in [0.25, 0.3) is 0 Å². The van der Waals surface area contributed by atoms with Crippen LogP contribution in [0.1, 0.15) is 51.4 Å². The molecular formula is C20H38F3N5. The van der Waals surface area contributed by atoms with Gasteiger partial charge in [0.25, 0.3) is 0 Å². The van der Waals surface area contributed by atoms with E-state index in [4.69, 9.17) is 0 Å². The minimum Gasteiger partial charge on any atom is -0.356 e. The standard InChI is InChI=1S/C20H38F3N5/c1-24-19(25-10-6-14-27-12-4-2-3-5-13-27)26-11-7-18-8-15-28(16-9-18)17-20(21,22)23/h18H,2-17H2,1H3,(H2,24,25,26). The van der Waals surface area contributed by atoms with Gasteiger partial charge in [-0.1, -0.05) is 12.8 Å². The molecule has 2 N–H and O–H groups in total. The molecule has 0 aliphatic carbocycles. The Morgan fingerprint density at radius 1 is 0.929 bits per heavy atom. The average Bonchev–Trinajstić information content (AvgIpc) is 2.92. The maximum absolute atomic E-state index is 12.4. The molecule has 0 aromatic carbocycles. The summed E-state index contributed by atoms with van der Waals surface area (Å²) in [5.74, 6) is 1.32. The molecule has 0 atom stereocenters. The Morgan fingerprint density at radius 2 is 1.57 bits per heavy atom. The van der Waals surface area contributed by atoms with E-state index in [9.17, 15) is 13.2 Å². The van der Waals surface area contributed by atoms with Crippen molar-refractivity contribution >= 4 is 5.96 Å². The largest absolute Gasteiger partial charge is 0.401 e. The van der Waals surface area contributed by atoms with Gasteiger partial charge in [-0.3, -0.25) is 9.89 Å². The highest BCUT2D eigenvalue weighted by molar-refractivity contribution is 5.79. The second-order valence-electron chi connectivity index (χ2n) is 8.16. The van der Waals surface area contributed by atoms with Crippen LogP contribution in [0.4, 0.5) is 13.2 Å². The van der Waals surface area contributed by atoms with Crippen molar-refractivity contribution in [2.75, 3.05) is 59.4 Å². The molecule has 0 amide bonds. The second kappa shape index (κ2) is 12.5. The van der Waals surface area contributed by atoms with Crippen molar-refractivity contribution in [2.45, 2.75) is 57.5 Å². The number of nitrogens with zero attached hydrogens (tertiary/aromatic N) is 3. The summed E-state index contributed by atoms with van der Waals surface area (Å²) >= 11 is 0. The molecule has 8 heteroatoms. The maximum Gasteiger partial charge on any atom is 0.401 e. The lowest BCUT2D eigenvalue weighted by atomic mass is 9.93. The molecule has 0 spiro atoms. The molecule has 0 radical (unpaired) electrons. The predicted molar refractivity (Wildman–Crippen MR) is 109 cm³/mol. The quantitative estimate of drug-likeness (QED) is 0.370. The normalized spacial score (nSPS) is 21.5. The van der Waals surface area contributed by atoms with Gasteiger partial charge in [-0.05, 0) is 77.2 Å². The highest BCUT2D eigenvalue weighted by Crippen LogP contribution is 2.23. The average molecular weight is 406 g/mol. The number of nitrogens with one attached hydrogen (secondary N) is 2. The third-order valence-electron chi connectivity index (χ3n) is 5.82. The van der Waals surface area contributed by atoms with E-state index in [2.05, 4.69) is 20.5 Å². The molecule has 28 heavy (non-hydrogen) atoms. The number of halogens is 3. The van der Waals surface area contributed by atoms with Crippen LogP contribution in [-0.2, 0) is 0 Å². The van der Waals surface area contributed by atoms with Gasteiger partial charge in [0.15, 0.2) is 5.96 Å². The Balaban J connectivity index is 1.51. The zero-order valence-electron chi connectivity index (χ0n) is 17.4. The summed E-state index contributed by atoms with van der Waals surface area (Å²) in [5.41, 5.74) is 0. The monoisotopic (exact) mass is 405 g/mol. The number of likely N-dealkylation sites (tertiary alicyclic amines) is 2. The fourth-order valence-electron chi connectivity index (χ4n) is 4.17. The molecule has 0 bridgehead atoms. The fourth-order valence-corrected chi connectivity index (χ4v) is 4.17. The van der Waals surface area contributed by atoms with E-state index in [1.165, 1.54) is 43.7 Å². The van der Waals surface area contributed by atoms with Gasteiger partial charge in [-0.15, -0.1) is 0 Å². The SMILES string of the molecule is CN=C(NCCCN1CCCCCC1)NCCC1CCN(CC(F)(F)F)CC1. The molecule has 2 saturated heterocycles. The third-order valence-corrected chi connectivity index (χ3v) is 5.82. The van der Waals surface area contributed by atoms with Crippen molar-refractivity contribution in [3.8, 4) is 0 Å². The van der Waals surface area contributed by atoms with E-state index in [0.717, 1.165) is 51.3 Å². The zero-order valence-corrected chi connectivity index (χ0v) is 17.4. The first-order chi connectivity index (χ1) is 13.5. The number of hydrogen-bond acceptors (Lipinski definition) is 3. The van der Waals surface area contributed by atoms with E-state index in [-0.39, 0.29) is 0 Å². The highest BCUT2D eigenvalue weighted by atomic mass is 19.4. The summed E-state index contributed by atoms with van der Waals surface area (Å²) in [5, 5.41) is 6.72. The van der Waals surface area contributed by atoms with Gasteiger partial charge in [-0.25, -0.2) is 0 Å². The molecule has 2 rings (SSSR count). The van der Waals surface area contributed by atoms with Crippen LogP contribution in [0.3, 0.4) is 0 Å². The van der Waals surface area contributed by atoms with E-state index >= 15 is 0 Å². The number of piperidine rings is 1. The van der Waals surface area contributed by atoms with Gasteiger partial charge in [0, 0.05) is 20.1 Å². The second-order valence-corrected chi connectivity index (χ2v) is 8.16. The Morgan fingerprint density at radius 3 is 2.18 bits per heavy atom. The van der Waals surface area contributed by atoms with E-state index < -0.39 is 12.7 Å². The first kappa shape index (κ1) is 23.3. The smallest absolute Gasteiger partial charge is 0.356 e. The van der Waals surface area contributed by atoms with Crippen LogP contribution in [0.2, 0.25) is 0 Å². The predicted octanol–water partition coefficient (Wildman–Crippen LogP) is 3.08. The van der Waals surface area contributed by atoms with Crippen molar-refractivity contribution < 1.29 is 13.2 Å². The van der Waals surface area contributed by atoms with Gasteiger partial charge < -0.3 is 15.5 Å². The van der Waals surface area contributed by atoms with Crippen molar-refractivity contribution in [3.05, 3.63) is 0 Å². The van der Waals surface area contributed by atoms with Crippen LogP contribution in [0.15, 0.2) is 4.99 Å². The highest BCUT2D eigenvalue weighted by Gasteiger charge is 2.32. The van der Waals surface area contributed by atoms with Crippen molar-refractivity contribution in [3.63, 3.8) is 0 Å². The molecule has 0 unspecified atom stereocenters. The fraction of sp³-hybridized carbons (Fsp3) is 0.950. The van der Waals surface area contributed by atoms with Crippen molar-refractivity contribution in [1.82, 2.24) is 20.4 Å². The molecule has 0 saturated carbocycles. The molecule has 0 aromatic rings. The number of alkyl halides is 3. The topological polar surface area (TPSA) is 42.9 Å². The minimum absolute atomic E-state index is 0.498. The summed E-state index contributed by atoms with van der Waals surface area (Å²) in [7, 11) is 1.78. The Bertz CT molecular complexity index is 440. The summed E-state index contributed by atoms with van der Waals surface area (Å²) in [6.45, 7) is 5.65. The Labute approximate surface area is 168 Å². The lowest BCUT2D eigenvalue weighted by Crippen LogP contribution is -2.42. The number of hydrogen-bond donors (Lipinski definition) is 2. The lowest BCUT2D eigenvalue weighted by Gasteiger charge is -2.32. The Hall–Kier alpha value is -1.02. The van der Waals surface area contributed by atoms with Crippen LogP contribution in [-0.4, -0.2) is 81.3 Å². The van der Waals surface area contributed by atoms with E-state index in [1.807, 2.05) is 0 Å². The summed E-state index contributed by atoms with van der Waals surface area (Å²) in [6, 6.07) is 0. The van der Waals surface area contributed by atoms with Crippen molar-refractivity contribution in [2.24, 2.45) is 10.9 Å². The minimum atomic E-state index is -4.08. The van der Waals surface area contributed by atoms with Gasteiger partial charge in [0.2, 0.25) is 0 Å². The van der Waals surface area contributed by atoms with E-state index in [0.29, 0.717) is 19.0 Å². The first-order valence-corrected chi connectivity index (χ1v) is 10.9. The molecule has 2 aliphatic heterocycles. The number of aliphatic imine (C=N–C) groups is 1. The molecule has 164 valence electrons. The molecule has 0 aromatic heterocycles. The summed E-state index contributed by atoms with van der Waals surface area (Å²) < 4.78 is 37.3. The summed E-state index contributed by atoms with van der Waals surface area (Å²) in [4.78, 5) is 8.36. The zero-order chi connectivity index (χ0) is 20.2. The van der Waals surface area contributed by atoms with Gasteiger partial charge in [0.05, 0.1) is 6.54 Å². The number of guanidine groups is 1. The maximum atomic E-state index is 12.4. The third kappa shape index (κ3) is 9.96. The van der Waals surface area contributed by atoms with Gasteiger partial charge in [0.1, 0.15) is 0 Å². The van der Waals surface area contributed by atoms with Crippen LogP contribution in [0, 0.1) is 5.92 Å². The van der Waals surface area contributed by atoms with Crippen LogP contribution in [0.5, 0.6) is 0 Å². The van der Waals surface area contributed by atoms with E-state index in [1.54, 1.807) is 7.05 Å². The molecule has 2 aliphatic rings. The van der Waals surface area contributed by atoms with Gasteiger partial charge in [-0.2, -0.15) is 13.2 Å². The summed E-state index contributed by atoms with van der Waals surface area (Å²) in [6.07, 6.45) is 5.09.